The molecule has 4 nitrogen and oxygen atoms in total. The maximum absolute atomic E-state index is 12.8. The normalized spacial score (nSPS) is 14.8. The number of anilines is 1. The Morgan fingerprint density at radius 2 is 1.72 bits per heavy atom. The fourth-order valence-electron chi connectivity index (χ4n) is 3.41. The third-order valence-corrected chi connectivity index (χ3v) is 6.43. The first kappa shape index (κ1) is 22.0. The predicted molar refractivity (Wildman–Crippen MR) is 136 cm³/mol. The van der Waals surface area contributed by atoms with Gasteiger partial charge in [0.2, 0.25) is 5.91 Å². The molecule has 1 aliphatic heterocycles. The van der Waals surface area contributed by atoms with Gasteiger partial charge in [-0.15, -0.1) is 0 Å². The lowest BCUT2D eigenvalue weighted by atomic mass is 10.0. The number of nitrogens with zero attached hydrogens (tertiary/aromatic N) is 1. The Bertz CT molecular complexity index is 1190. The van der Waals surface area contributed by atoms with Gasteiger partial charge in [-0.1, -0.05) is 90.7 Å². The van der Waals surface area contributed by atoms with Gasteiger partial charge < -0.3 is 5.32 Å². The topological polar surface area (TPSA) is 49.4 Å². The third kappa shape index (κ3) is 5.33. The molecule has 4 rings (SSSR count). The molecule has 0 spiro atoms. The van der Waals surface area contributed by atoms with Crippen molar-refractivity contribution in [3.05, 3.63) is 94.9 Å². The fraction of sp³-hybridized carbons (Fsp3) is 0.115. The first-order chi connectivity index (χ1) is 15.5. The van der Waals surface area contributed by atoms with Gasteiger partial charge >= 0.3 is 0 Å². The summed E-state index contributed by atoms with van der Waals surface area (Å²) in [6.07, 6.45) is 2.03. The highest BCUT2D eigenvalue weighted by Crippen LogP contribution is 2.33. The Balaban J connectivity index is 1.38. The molecule has 0 bridgehead atoms. The highest BCUT2D eigenvalue weighted by molar-refractivity contribution is 8.26. The van der Waals surface area contributed by atoms with Gasteiger partial charge in [0, 0.05) is 18.7 Å². The van der Waals surface area contributed by atoms with Crippen LogP contribution in [0.4, 0.5) is 5.69 Å². The first-order valence-corrected chi connectivity index (χ1v) is 11.5. The molecule has 3 aromatic rings. The van der Waals surface area contributed by atoms with Gasteiger partial charge in [-0.25, -0.2) is 0 Å². The molecule has 160 valence electrons. The summed E-state index contributed by atoms with van der Waals surface area (Å²) >= 11 is 6.66. The van der Waals surface area contributed by atoms with Crippen LogP contribution < -0.4 is 5.32 Å². The van der Waals surface area contributed by atoms with Crippen LogP contribution >= 0.6 is 24.0 Å². The van der Waals surface area contributed by atoms with Crippen molar-refractivity contribution in [3.8, 4) is 11.1 Å². The molecular formula is C26H22N2O2S2. The summed E-state index contributed by atoms with van der Waals surface area (Å²) in [6, 6.07) is 25.8. The van der Waals surface area contributed by atoms with Gasteiger partial charge in [0.15, 0.2) is 0 Å². The van der Waals surface area contributed by atoms with Crippen LogP contribution in [-0.2, 0) is 9.59 Å². The lowest BCUT2D eigenvalue weighted by Gasteiger charge is -2.14. The summed E-state index contributed by atoms with van der Waals surface area (Å²) < 4.78 is 0.477. The molecule has 1 heterocycles. The van der Waals surface area contributed by atoms with E-state index in [0.29, 0.717) is 9.23 Å². The standard InChI is InChI=1S/C26H22N2O2S2/c1-18-6-5-9-22(16-18)27-24(29)14-15-28-25(30)23(32-26(28)31)17-19-10-12-21(13-11-19)20-7-3-2-4-8-20/h2-13,16-17H,14-15H2,1H3,(H,27,29)/b23-17-. The van der Waals surface area contributed by atoms with Gasteiger partial charge in [0.1, 0.15) is 4.32 Å². The van der Waals surface area contributed by atoms with Gasteiger partial charge in [0.05, 0.1) is 4.91 Å². The number of carbonyl (C=O) groups is 2. The van der Waals surface area contributed by atoms with Crippen LogP contribution in [-0.4, -0.2) is 27.6 Å². The number of benzene rings is 3. The zero-order chi connectivity index (χ0) is 22.5. The van der Waals surface area contributed by atoms with Gasteiger partial charge in [-0.2, -0.15) is 0 Å². The van der Waals surface area contributed by atoms with Crippen molar-refractivity contribution in [2.24, 2.45) is 0 Å². The highest BCUT2D eigenvalue weighted by atomic mass is 32.2. The van der Waals surface area contributed by atoms with Crippen LogP contribution in [0.1, 0.15) is 17.5 Å². The fourth-order valence-corrected chi connectivity index (χ4v) is 4.71. The second-order valence-corrected chi connectivity index (χ2v) is 9.16. The minimum Gasteiger partial charge on any atom is -0.326 e. The monoisotopic (exact) mass is 458 g/mol. The van der Waals surface area contributed by atoms with E-state index in [4.69, 9.17) is 12.2 Å². The van der Waals surface area contributed by atoms with E-state index in [1.807, 2.05) is 79.7 Å². The number of rotatable bonds is 6. The molecule has 3 aromatic carbocycles. The zero-order valence-corrected chi connectivity index (χ0v) is 19.2. The SMILES string of the molecule is Cc1cccc(NC(=O)CCN2C(=O)/C(=C/c3ccc(-c4ccccc4)cc3)SC2=S)c1. The average Bonchev–Trinajstić information content (AvgIpc) is 3.05. The maximum atomic E-state index is 12.8. The van der Waals surface area contributed by atoms with Crippen LogP contribution in [0.15, 0.2) is 83.8 Å². The number of hydrogen-bond donors (Lipinski definition) is 1. The number of amides is 2. The summed E-state index contributed by atoms with van der Waals surface area (Å²) in [4.78, 5) is 27.2. The Hall–Kier alpha value is -3.22. The van der Waals surface area contributed by atoms with Crippen molar-refractivity contribution in [2.75, 3.05) is 11.9 Å². The van der Waals surface area contributed by atoms with E-state index in [-0.39, 0.29) is 24.8 Å². The molecule has 0 radical (unpaired) electrons. The van der Waals surface area contributed by atoms with Crippen LogP contribution in [0, 0.1) is 6.92 Å². The Morgan fingerprint density at radius 1 is 1.00 bits per heavy atom. The molecule has 0 aromatic heterocycles. The lowest BCUT2D eigenvalue weighted by molar-refractivity contribution is -0.122. The number of thiocarbonyl (C=S) groups is 1. The van der Waals surface area contributed by atoms with E-state index >= 15 is 0 Å². The maximum Gasteiger partial charge on any atom is 0.266 e. The second-order valence-electron chi connectivity index (χ2n) is 7.49. The van der Waals surface area contributed by atoms with Crippen molar-refractivity contribution in [1.29, 1.82) is 0 Å². The van der Waals surface area contributed by atoms with Gasteiger partial charge in [-0.3, -0.25) is 14.5 Å². The molecule has 1 saturated heterocycles. The Labute approximate surface area is 197 Å². The first-order valence-electron chi connectivity index (χ1n) is 10.3. The van der Waals surface area contributed by atoms with E-state index in [1.54, 1.807) is 0 Å². The van der Waals surface area contributed by atoms with Crippen molar-refractivity contribution in [2.45, 2.75) is 13.3 Å². The average molecular weight is 459 g/mol. The van der Waals surface area contributed by atoms with Crippen molar-refractivity contribution in [3.63, 3.8) is 0 Å². The number of carbonyl (C=O) groups excluding carboxylic acids is 2. The molecule has 2 amide bonds. The highest BCUT2D eigenvalue weighted by Gasteiger charge is 2.32. The van der Waals surface area contributed by atoms with E-state index in [0.717, 1.165) is 27.9 Å². The minimum atomic E-state index is -0.157. The molecule has 32 heavy (non-hydrogen) atoms. The number of thioether (sulfide) groups is 1. The summed E-state index contributed by atoms with van der Waals surface area (Å²) in [7, 11) is 0. The summed E-state index contributed by atoms with van der Waals surface area (Å²) in [6.45, 7) is 2.23. The molecule has 0 atom stereocenters. The van der Waals surface area contributed by atoms with Crippen molar-refractivity contribution >= 4 is 51.9 Å². The molecule has 0 unspecified atom stereocenters. The lowest BCUT2D eigenvalue weighted by Crippen LogP contribution is -2.31. The smallest absolute Gasteiger partial charge is 0.266 e. The molecule has 1 fully saturated rings. The Morgan fingerprint density at radius 3 is 2.44 bits per heavy atom. The number of aryl methyl sites for hydroxylation is 1. The summed E-state index contributed by atoms with van der Waals surface area (Å²) in [5, 5.41) is 2.86. The molecule has 0 aliphatic carbocycles. The minimum absolute atomic E-state index is 0.148. The molecular weight excluding hydrogens is 436 g/mol. The van der Waals surface area contributed by atoms with Crippen LogP contribution in [0.5, 0.6) is 0 Å². The zero-order valence-electron chi connectivity index (χ0n) is 17.6. The quantitative estimate of drug-likeness (QED) is 0.370. The molecule has 6 heteroatoms. The van der Waals surface area contributed by atoms with Gasteiger partial charge in [-0.05, 0) is 47.4 Å². The van der Waals surface area contributed by atoms with E-state index in [1.165, 1.54) is 16.7 Å². The van der Waals surface area contributed by atoms with Crippen LogP contribution in [0.3, 0.4) is 0 Å². The number of hydrogen-bond acceptors (Lipinski definition) is 4. The summed E-state index contributed by atoms with van der Waals surface area (Å²) in [5.41, 5.74) is 5.02. The molecule has 1 aliphatic rings. The van der Waals surface area contributed by atoms with E-state index in [9.17, 15) is 9.59 Å². The van der Waals surface area contributed by atoms with Crippen molar-refractivity contribution < 1.29 is 9.59 Å². The third-order valence-electron chi connectivity index (χ3n) is 5.05. The number of nitrogens with one attached hydrogen (secondary N) is 1. The second kappa shape index (κ2) is 9.94. The summed E-state index contributed by atoms with van der Waals surface area (Å²) in [5.74, 6) is -0.305. The predicted octanol–water partition coefficient (Wildman–Crippen LogP) is 5.89. The largest absolute Gasteiger partial charge is 0.326 e. The van der Waals surface area contributed by atoms with E-state index in [2.05, 4.69) is 17.4 Å². The van der Waals surface area contributed by atoms with Crippen LogP contribution in [0.25, 0.3) is 17.2 Å². The molecule has 1 N–H and O–H groups in total. The van der Waals surface area contributed by atoms with Crippen molar-refractivity contribution in [1.82, 2.24) is 4.90 Å². The Kier molecular flexibility index (Phi) is 6.83. The van der Waals surface area contributed by atoms with E-state index < -0.39 is 0 Å². The molecule has 0 saturated carbocycles. The van der Waals surface area contributed by atoms with Gasteiger partial charge in [0.25, 0.3) is 5.91 Å². The van der Waals surface area contributed by atoms with Crippen LogP contribution in [0.2, 0.25) is 0 Å².